The highest BCUT2D eigenvalue weighted by molar-refractivity contribution is 5.79. The number of hydrogen-bond donors (Lipinski definition) is 2. The number of benzene rings is 1. The number of ether oxygens (including phenoxy) is 2. The second-order valence-electron chi connectivity index (χ2n) is 7.78. The Morgan fingerprint density at radius 2 is 2.00 bits per heavy atom. The Hall–Kier alpha value is -1.79. The highest BCUT2D eigenvalue weighted by atomic mass is 16.5. The highest BCUT2D eigenvalue weighted by Gasteiger charge is 2.34. The van der Waals surface area contributed by atoms with Crippen molar-refractivity contribution in [2.75, 3.05) is 54.1 Å². The van der Waals surface area contributed by atoms with E-state index in [-0.39, 0.29) is 0 Å². The molecular weight excluding hydrogens is 352 g/mol. The van der Waals surface area contributed by atoms with Crippen LogP contribution in [0.3, 0.4) is 0 Å². The zero-order valence-electron chi connectivity index (χ0n) is 18.1. The second kappa shape index (κ2) is 11.9. The summed E-state index contributed by atoms with van der Waals surface area (Å²) in [5.41, 5.74) is 1.66. The van der Waals surface area contributed by atoms with Crippen molar-refractivity contribution in [1.29, 1.82) is 0 Å². The molecule has 0 radical (unpaired) electrons. The fourth-order valence-corrected chi connectivity index (χ4v) is 3.43. The van der Waals surface area contributed by atoms with Gasteiger partial charge in [-0.15, -0.1) is 0 Å². The molecule has 158 valence electrons. The average Bonchev–Trinajstić information content (AvgIpc) is 2.68. The first kappa shape index (κ1) is 22.5. The van der Waals surface area contributed by atoms with Gasteiger partial charge in [0.05, 0.1) is 6.61 Å². The van der Waals surface area contributed by atoms with Crippen LogP contribution in [0.15, 0.2) is 29.3 Å². The van der Waals surface area contributed by atoms with Crippen molar-refractivity contribution in [1.82, 2.24) is 15.5 Å². The summed E-state index contributed by atoms with van der Waals surface area (Å²) in [5, 5.41) is 6.92. The van der Waals surface area contributed by atoms with Gasteiger partial charge in [0.15, 0.2) is 5.96 Å². The lowest BCUT2D eigenvalue weighted by atomic mass is 9.67. The molecule has 0 unspecified atom stereocenters. The lowest BCUT2D eigenvalue weighted by molar-refractivity contribution is 0.131. The summed E-state index contributed by atoms with van der Waals surface area (Å²) in [6.45, 7) is 7.22. The van der Waals surface area contributed by atoms with Crippen LogP contribution in [0.4, 0.5) is 0 Å². The van der Waals surface area contributed by atoms with E-state index in [1.54, 1.807) is 7.11 Å². The van der Waals surface area contributed by atoms with Gasteiger partial charge in [-0.25, -0.2) is 0 Å². The van der Waals surface area contributed by atoms with Crippen molar-refractivity contribution >= 4 is 5.96 Å². The van der Waals surface area contributed by atoms with Crippen LogP contribution in [0, 0.1) is 5.41 Å². The molecule has 28 heavy (non-hydrogen) atoms. The molecule has 2 rings (SSSR count). The summed E-state index contributed by atoms with van der Waals surface area (Å²) in [7, 11) is 5.63. The van der Waals surface area contributed by atoms with Crippen LogP contribution in [-0.4, -0.2) is 64.9 Å². The number of likely N-dealkylation sites (N-methyl/N-ethyl adjacent to an activating group) is 1. The fourth-order valence-electron chi connectivity index (χ4n) is 3.43. The summed E-state index contributed by atoms with van der Waals surface area (Å²) in [6, 6.07) is 8.25. The van der Waals surface area contributed by atoms with Crippen LogP contribution in [0.25, 0.3) is 0 Å². The van der Waals surface area contributed by atoms with E-state index in [2.05, 4.69) is 46.6 Å². The molecule has 1 fully saturated rings. The van der Waals surface area contributed by atoms with Gasteiger partial charge in [0.1, 0.15) is 12.4 Å². The third-order valence-corrected chi connectivity index (χ3v) is 5.80. The summed E-state index contributed by atoms with van der Waals surface area (Å²) in [5.74, 6) is 1.77. The van der Waals surface area contributed by atoms with E-state index in [4.69, 9.17) is 9.47 Å². The first-order valence-corrected chi connectivity index (χ1v) is 10.4. The Bertz CT molecular complexity index is 596. The zero-order valence-corrected chi connectivity index (χ0v) is 18.1. The van der Waals surface area contributed by atoms with Crippen molar-refractivity contribution in [3.8, 4) is 5.75 Å². The van der Waals surface area contributed by atoms with Crippen molar-refractivity contribution in [3.63, 3.8) is 0 Å². The van der Waals surface area contributed by atoms with Gasteiger partial charge in [-0.1, -0.05) is 25.5 Å². The largest absolute Gasteiger partial charge is 0.492 e. The van der Waals surface area contributed by atoms with E-state index >= 15 is 0 Å². The Morgan fingerprint density at radius 1 is 1.21 bits per heavy atom. The van der Waals surface area contributed by atoms with Gasteiger partial charge in [-0.05, 0) is 49.4 Å². The standard InChI is InChI=1S/C22H38N4O2/c1-5-22(10-7-11-22)18-25-21(23-2)24-17-19-8-6-9-20(16-19)28-15-13-26(3)12-14-27-4/h6,8-9,16H,5,7,10-15,17-18H2,1-4H3,(H2,23,24,25). The van der Waals surface area contributed by atoms with E-state index < -0.39 is 0 Å². The predicted octanol–water partition coefficient (Wildman–Crippen LogP) is 2.89. The highest BCUT2D eigenvalue weighted by Crippen LogP contribution is 2.42. The molecule has 0 heterocycles. The predicted molar refractivity (Wildman–Crippen MR) is 116 cm³/mol. The molecule has 0 saturated heterocycles. The van der Waals surface area contributed by atoms with E-state index in [1.165, 1.54) is 31.2 Å². The van der Waals surface area contributed by atoms with Gasteiger partial charge >= 0.3 is 0 Å². The van der Waals surface area contributed by atoms with Gasteiger partial charge in [0.25, 0.3) is 0 Å². The summed E-state index contributed by atoms with van der Waals surface area (Å²) in [4.78, 5) is 6.57. The molecule has 6 nitrogen and oxygen atoms in total. The Kier molecular flexibility index (Phi) is 9.58. The first-order valence-electron chi connectivity index (χ1n) is 10.4. The minimum absolute atomic E-state index is 0.474. The molecule has 1 aliphatic rings. The van der Waals surface area contributed by atoms with E-state index in [0.717, 1.165) is 44.5 Å². The molecule has 1 aromatic rings. The number of aliphatic imine (C=N–C) groups is 1. The minimum Gasteiger partial charge on any atom is -0.492 e. The van der Waals surface area contributed by atoms with Crippen LogP contribution >= 0.6 is 0 Å². The summed E-state index contributed by atoms with van der Waals surface area (Å²) in [6.07, 6.45) is 5.24. The minimum atomic E-state index is 0.474. The van der Waals surface area contributed by atoms with Crippen LogP contribution in [-0.2, 0) is 11.3 Å². The SMILES string of the molecule is CCC1(CNC(=NC)NCc2cccc(OCCN(C)CCOC)c2)CCC1. The molecule has 0 bridgehead atoms. The van der Waals surface area contributed by atoms with Gasteiger partial charge in [-0.2, -0.15) is 0 Å². The molecule has 6 heteroatoms. The Morgan fingerprint density at radius 3 is 2.64 bits per heavy atom. The number of hydrogen-bond acceptors (Lipinski definition) is 4. The lowest BCUT2D eigenvalue weighted by Crippen LogP contribution is -2.46. The van der Waals surface area contributed by atoms with Crippen molar-refractivity contribution in [2.45, 2.75) is 39.2 Å². The van der Waals surface area contributed by atoms with Crippen LogP contribution in [0.2, 0.25) is 0 Å². The number of rotatable bonds is 12. The topological polar surface area (TPSA) is 58.1 Å². The van der Waals surface area contributed by atoms with E-state index in [0.29, 0.717) is 12.0 Å². The smallest absolute Gasteiger partial charge is 0.191 e. The van der Waals surface area contributed by atoms with Gasteiger partial charge in [0, 0.05) is 40.3 Å². The Balaban J connectivity index is 1.73. The molecule has 2 N–H and O–H groups in total. The van der Waals surface area contributed by atoms with Gasteiger partial charge < -0.3 is 25.0 Å². The van der Waals surface area contributed by atoms with Gasteiger partial charge in [-0.3, -0.25) is 4.99 Å². The third-order valence-electron chi connectivity index (χ3n) is 5.80. The average molecular weight is 391 g/mol. The molecule has 1 saturated carbocycles. The molecule has 0 atom stereocenters. The quantitative estimate of drug-likeness (QED) is 0.425. The summed E-state index contributed by atoms with van der Waals surface area (Å²) < 4.78 is 11.0. The normalized spacial score (nSPS) is 16.0. The molecule has 0 amide bonds. The van der Waals surface area contributed by atoms with Crippen molar-refractivity contribution < 1.29 is 9.47 Å². The molecule has 0 aliphatic heterocycles. The molecule has 1 aromatic carbocycles. The van der Waals surface area contributed by atoms with Crippen LogP contribution in [0.1, 0.15) is 38.2 Å². The zero-order chi connectivity index (χ0) is 20.2. The third kappa shape index (κ3) is 7.32. The fraction of sp³-hybridized carbons (Fsp3) is 0.682. The van der Waals surface area contributed by atoms with Crippen LogP contribution in [0.5, 0.6) is 5.75 Å². The van der Waals surface area contributed by atoms with Gasteiger partial charge in [0.2, 0.25) is 0 Å². The Labute approximate surface area is 170 Å². The van der Waals surface area contributed by atoms with Crippen molar-refractivity contribution in [2.24, 2.45) is 10.4 Å². The number of methoxy groups -OCH3 is 1. The second-order valence-corrected chi connectivity index (χ2v) is 7.78. The van der Waals surface area contributed by atoms with E-state index in [9.17, 15) is 0 Å². The number of nitrogens with zero attached hydrogens (tertiary/aromatic N) is 2. The first-order chi connectivity index (χ1) is 13.6. The molecule has 1 aliphatic carbocycles. The molecule has 0 aromatic heterocycles. The maximum Gasteiger partial charge on any atom is 0.191 e. The van der Waals surface area contributed by atoms with Crippen LogP contribution < -0.4 is 15.4 Å². The van der Waals surface area contributed by atoms with Crippen molar-refractivity contribution in [3.05, 3.63) is 29.8 Å². The summed E-state index contributed by atoms with van der Waals surface area (Å²) >= 11 is 0. The monoisotopic (exact) mass is 390 g/mol. The van der Waals surface area contributed by atoms with E-state index in [1.807, 2.05) is 19.2 Å². The maximum absolute atomic E-state index is 5.90. The molecular formula is C22H38N4O2. The number of guanidine groups is 1. The molecule has 0 spiro atoms. The lowest BCUT2D eigenvalue weighted by Gasteiger charge is -2.41. The maximum atomic E-state index is 5.90. The number of nitrogens with one attached hydrogen (secondary N) is 2.